The molecule has 24 heavy (non-hydrogen) atoms. The molecule has 0 aliphatic heterocycles. The molecule has 3 aromatic rings. The van der Waals surface area contributed by atoms with E-state index in [9.17, 15) is 4.79 Å². The summed E-state index contributed by atoms with van der Waals surface area (Å²) in [6.07, 6.45) is 0. The lowest BCUT2D eigenvalue weighted by Gasteiger charge is -2.10. The number of rotatable bonds is 4. The molecule has 2 heterocycles. The molecule has 0 saturated heterocycles. The number of hydrogen-bond donors (Lipinski definition) is 1. The van der Waals surface area contributed by atoms with Crippen LogP contribution >= 0.6 is 11.6 Å². The van der Waals surface area contributed by atoms with E-state index in [1.807, 2.05) is 24.5 Å². The third-order valence-corrected chi connectivity index (χ3v) is 4.01. The van der Waals surface area contributed by atoms with Crippen LogP contribution in [0.2, 0.25) is 5.02 Å². The lowest BCUT2D eigenvalue weighted by Crippen LogP contribution is -2.20. The molecular weight excluding hydrogens is 328 g/mol. The average Bonchev–Trinajstić information content (AvgIpc) is 3.08. The van der Waals surface area contributed by atoms with Gasteiger partial charge in [-0.3, -0.25) is 4.79 Å². The van der Waals surface area contributed by atoms with Crippen molar-refractivity contribution in [3.63, 3.8) is 0 Å². The van der Waals surface area contributed by atoms with Crippen LogP contribution in [0.1, 0.15) is 17.3 Å². The number of carbonyl (C=O) groups excluding carboxylic acids is 1. The molecule has 0 radical (unpaired) electrons. The van der Waals surface area contributed by atoms with Gasteiger partial charge in [-0.2, -0.15) is 0 Å². The minimum atomic E-state index is -0.118. The van der Waals surface area contributed by atoms with Crippen LogP contribution in [-0.4, -0.2) is 20.7 Å². The number of halogens is 1. The first-order valence-electron chi connectivity index (χ1n) is 7.46. The van der Waals surface area contributed by atoms with Crippen LogP contribution in [0.5, 0.6) is 0 Å². The quantitative estimate of drug-likeness (QED) is 0.782. The van der Waals surface area contributed by atoms with Crippen molar-refractivity contribution in [2.45, 2.75) is 27.3 Å². The Morgan fingerprint density at radius 3 is 2.54 bits per heavy atom. The molecule has 0 bridgehead atoms. The molecule has 0 atom stereocenters. The maximum absolute atomic E-state index is 12.3. The Balaban J connectivity index is 1.78. The van der Waals surface area contributed by atoms with Gasteiger partial charge in [0, 0.05) is 29.0 Å². The second kappa shape index (κ2) is 6.49. The van der Waals surface area contributed by atoms with Crippen molar-refractivity contribution in [2.24, 2.45) is 0 Å². The molecular formula is C17H17ClN4O2. The summed E-state index contributed by atoms with van der Waals surface area (Å²) in [5.41, 5.74) is 3.40. The highest BCUT2D eigenvalue weighted by Crippen LogP contribution is 2.25. The zero-order chi connectivity index (χ0) is 17.3. The summed E-state index contributed by atoms with van der Waals surface area (Å²) in [6.45, 7) is 5.81. The van der Waals surface area contributed by atoms with Crippen molar-refractivity contribution < 1.29 is 9.21 Å². The van der Waals surface area contributed by atoms with Gasteiger partial charge < -0.3 is 14.3 Å². The molecule has 3 rings (SSSR count). The van der Waals surface area contributed by atoms with Gasteiger partial charge >= 0.3 is 0 Å². The molecule has 0 aliphatic rings. The Kier molecular flexibility index (Phi) is 4.40. The minimum absolute atomic E-state index is 0.118. The van der Waals surface area contributed by atoms with Gasteiger partial charge in [-0.15, -0.1) is 10.2 Å². The predicted molar refractivity (Wildman–Crippen MR) is 92.0 cm³/mol. The molecule has 124 valence electrons. The predicted octanol–water partition coefficient (Wildman–Crippen LogP) is 3.76. The molecule has 1 amide bonds. The number of benzene rings is 1. The van der Waals surface area contributed by atoms with Gasteiger partial charge in [-0.1, -0.05) is 11.6 Å². The number of carbonyl (C=O) groups is 1. The van der Waals surface area contributed by atoms with Gasteiger partial charge in [0.25, 0.3) is 0 Å². The topological polar surface area (TPSA) is 73.0 Å². The van der Waals surface area contributed by atoms with Crippen molar-refractivity contribution in [3.8, 4) is 11.5 Å². The lowest BCUT2D eigenvalue weighted by atomic mass is 10.2. The van der Waals surface area contributed by atoms with E-state index in [0.717, 1.165) is 17.0 Å². The normalized spacial score (nSPS) is 10.8. The van der Waals surface area contributed by atoms with E-state index in [2.05, 4.69) is 15.5 Å². The van der Waals surface area contributed by atoms with E-state index in [1.165, 1.54) is 0 Å². The second-order valence-electron chi connectivity index (χ2n) is 5.55. The number of nitrogens with one attached hydrogen (secondary N) is 1. The smallest absolute Gasteiger partial charge is 0.249 e. The summed E-state index contributed by atoms with van der Waals surface area (Å²) < 4.78 is 7.40. The maximum atomic E-state index is 12.3. The van der Waals surface area contributed by atoms with Crippen LogP contribution in [0.15, 0.2) is 34.7 Å². The lowest BCUT2D eigenvalue weighted by molar-refractivity contribution is -0.116. The van der Waals surface area contributed by atoms with Gasteiger partial charge in [0.1, 0.15) is 6.54 Å². The summed E-state index contributed by atoms with van der Waals surface area (Å²) in [7, 11) is 0. The second-order valence-corrected chi connectivity index (χ2v) is 5.99. The molecule has 0 aliphatic carbocycles. The monoisotopic (exact) mass is 344 g/mol. The van der Waals surface area contributed by atoms with Gasteiger partial charge in [-0.05, 0) is 44.2 Å². The van der Waals surface area contributed by atoms with E-state index in [-0.39, 0.29) is 12.5 Å². The Morgan fingerprint density at radius 2 is 1.92 bits per heavy atom. The fourth-order valence-electron chi connectivity index (χ4n) is 2.54. The van der Waals surface area contributed by atoms with Crippen molar-refractivity contribution in [1.82, 2.24) is 14.8 Å². The summed E-state index contributed by atoms with van der Waals surface area (Å²) in [5.74, 6) is 0.854. The molecule has 0 fully saturated rings. The zero-order valence-electron chi connectivity index (χ0n) is 13.6. The summed E-state index contributed by atoms with van der Waals surface area (Å²) >= 11 is 5.85. The van der Waals surface area contributed by atoms with Crippen molar-refractivity contribution in [2.75, 3.05) is 5.32 Å². The standard InChI is InChI=1S/C17H17ClN4O2/c1-10-8-15(17-21-20-12(3)24-17)11(2)22(10)9-16(23)19-14-6-4-13(18)5-7-14/h4-8H,9H2,1-3H3,(H,19,23). The Hall–Kier alpha value is -2.60. The van der Waals surface area contributed by atoms with Crippen LogP contribution < -0.4 is 5.32 Å². The van der Waals surface area contributed by atoms with E-state index < -0.39 is 0 Å². The number of nitrogens with zero attached hydrogens (tertiary/aromatic N) is 3. The van der Waals surface area contributed by atoms with E-state index in [1.54, 1.807) is 31.2 Å². The SMILES string of the molecule is Cc1nnc(-c2cc(C)n(CC(=O)Nc3ccc(Cl)cc3)c2C)o1. The fourth-order valence-corrected chi connectivity index (χ4v) is 2.67. The maximum Gasteiger partial charge on any atom is 0.249 e. The Bertz CT molecular complexity index is 881. The van der Waals surface area contributed by atoms with Crippen molar-refractivity contribution in [1.29, 1.82) is 0 Å². The molecule has 0 spiro atoms. The number of amides is 1. The average molecular weight is 345 g/mol. The minimum Gasteiger partial charge on any atom is -0.421 e. The summed E-state index contributed by atoms with van der Waals surface area (Å²) in [4.78, 5) is 12.3. The fraction of sp³-hybridized carbons (Fsp3) is 0.235. The van der Waals surface area contributed by atoms with Gasteiger partial charge in [-0.25, -0.2) is 0 Å². The Morgan fingerprint density at radius 1 is 1.21 bits per heavy atom. The first-order chi connectivity index (χ1) is 11.4. The number of hydrogen-bond acceptors (Lipinski definition) is 4. The van der Waals surface area contributed by atoms with Gasteiger partial charge in [0.2, 0.25) is 17.7 Å². The van der Waals surface area contributed by atoms with Gasteiger partial charge in [0.05, 0.1) is 5.56 Å². The van der Waals surface area contributed by atoms with E-state index in [4.69, 9.17) is 16.0 Å². The number of anilines is 1. The van der Waals surface area contributed by atoms with Crippen LogP contribution in [0, 0.1) is 20.8 Å². The first-order valence-corrected chi connectivity index (χ1v) is 7.84. The molecule has 6 nitrogen and oxygen atoms in total. The molecule has 1 aromatic carbocycles. The zero-order valence-corrected chi connectivity index (χ0v) is 14.4. The number of aryl methyl sites for hydroxylation is 2. The molecule has 0 unspecified atom stereocenters. The molecule has 1 N–H and O–H groups in total. The first kappa shape index (κ1) is 16.3. The van der Waals surface area contributed by atoms with Crippen LogP contribution in [0.25, 0.3) is 11.5 Å². The largest absolute Gasteiger partial charge is 0.421 e. The third kappa shape index (κ3) is 3.33. The van der Waals surface area contributed by atoms with Crippen LogP contribution in [0.4, 0.5) is 5.69 Å². The van der Waals surface area contributed by atoms with E-state index >= 15 is 0 Å². The van der Waals surface area contributed by atoms with Crippen LogP contribution in [0.3, 0.4) is 0 Å². The van der Waals surface area contributed by atoms with E-state index in [0.29, 0.717) is 22.5 Å². The molecule has 2 aromatic heterocycles. The summed E-state index contributed by atoms with van der Waals surface area (Å²) in [5, 5.41) is 11.4. The highest BCUT2D eigenvalue weighted by molar-refractivity contribution is 6.30. The number of aromatic nitrogens is 3. The third-order valence-electron chi connectivity index (χ3n) is 3.76. The highest BCUT2D eigenvalue weighted by atomic mass is 35.5. The Labute approximate surface area is 144 Å². The molecule has 0 saturated carbocycles. The van der Waals surface area contributed by atoms with Crippen LogP contribution in [-0.2, 0) is 11.3 Å². The highest BCUT2D eigenvalue weighted by Gasteiger charge is 2.17. The summed E-state index contributed by atoms with van der Waals surface area (Å²) in [6, 6.07) is 8.95. The molecule has 7 heteroatoms. The van der Waals surface area contributed by atoms with Gasteiger partial charge in [0.15, 0.2) is 0 Å². The van der Waals surface area contributed by atoms with Crippen molar-refractivity contribution in [3.05, 3.63) is 52.6 Å². The van der Waals surface area contributed by atoms with Crippen molar-refractivity contribution >= 4 is 23.2 Å².